The third-order valence-corrected chi connectivity index (χ3v) is 5.49. The standard InChI is InChI=1S/C21H19F3N4O3/c22-21(23,24)18(13-2-1-7-25-9-13)27-19(30)12-3-4-14-10-28(11-15(14)8-12)16-5-6-17(29)26-20(16)31/h1-4,7-9,16,18H,5-6,10-11H2,(H,27,30)(H,26,29,31)/t16?,18-/m1/s1. The molecular formula is C21H19F3N4O3. The summed E-state index contributed by atoms with van der Waals surface area (Å²) in [6, 6.07) is 4.70. The molecule has 0 bridgehead atoms. The Morgan fingerprint density at radius 2 is 1.97 bits per heavy atom. The second kappa shape index (κ2) is 8.10. The molecule has 0 radical (unpaired) electrons. The van der Waals surface area contributed by atoms with Crippen LogP contribution in [-0.4, -0.2) is 39.8 Å². The van der Waals surface area contributed by atoms with Crippen molar-refractivity contribution in [2.45, 2.75) is 44.2 Å². The molecule has 0 spiro atoms. The molecule has 0 saturated carbocycles. The molecule has 7 nitrogen and oxygen atoms in total. The number of carbonyl (C=O) groups is 3. The Labute approximate surface area is 175 Å². The van der Waals surface area contributed by atoms with E-state index in [4.69, 9.17) is 0 Å². The molecule has 0 aliphatic carbocycles. The molecule has 1 aromatic heterocycles. The fourth-order valence-corrected chi connectivity index (χ4v) is 3.93. The normalized spacial score (nSPS) is 20.2. The number of nitrogens with one attached hydrogen (secondary N) is 2. The number of rotatable bonds is 4. The number of nitrogens with zero attached hydrogens (tertiary/aromatic N) is 2. The summed E-state index contributed by atoms with van der Waals surface area (Å²) in [5.41, 5.74) is 1.60. The van der Waals surface area contributed by atoms with Crippen molar-refractivity contribution in [3.8, 4) is 0 Å². The molecule has 1 unspecified atom stereocenters. The van der Waals surface area contributed by atoms with Crippen molar-refractivity contribution < 1.29 is 27.6 Å². The highest BCUT2D eigenvalue weighted by atomic mass is 19.4. The van der Waals surface area contributed by atoms with Crippen LogP contribution in [0.5, 0.6) is 0 Å². The average Bonchev–Trinajstić information content (AvgIpc) is 3.14. The molecule has 3 amide bonds. The molecule has 2 aliphatic rings. The van der Waals surface area contributed by atoms with E-state index in [1.54, 1.807) is 12.1 Å². The number of alkyl halides is 3. The van der Waals surface area contributed by atoms with Crippen molar-refractivity contribution in [1.82, 2.24) is 20.5 Å². The van der Waals surface area contributed by atoms with Crippen LogP contribution in [0.1, 0.15) is 45.9 Å². The minimum atomic E-state index is -4.68. The highest BCUT2D eigenvalue weighted by Gasteiger charge is 2.42. The first-order valence-corrected chi connectivity index (χ1v) is 9.69. The molecular weight excluding hydrogens is 413 g/mol. The first-order chi connectivity index (χ1) is 14.7. The Balaban J connectivity index is 1.49. The number of benzene rings is 1. The number of hydrogen-bond acceptors (Lipinski definition) is 5. The molecule has 1 aromatic carbocycles. The smallest absolute Gasteiger partial charge is 0.337 e. The van der Waals surface area contributed by atoms with Gasteiger partial charge in [0.05, 0.1) is 6.04 Å². The van der Waals surface area contributed by atoms with Crippen molar-refractivity contribution in [3.05, 3.63) is 65.0 Å². The highest BCUT2D eigenvalue weighted by molar-refractivity contribution is 6.00. The zero-order valence-electron chi connectivity index (χ0n) is 16.3. The summed E-state index contributed by atoms with van der Waals surface area (Å²) in [5, 5.41) is 4.37. The molecule has 3 heterocycles. The number of pyridine rings is 1. The number of imide groups is 1. The van der Waals surface area contributed by atoms with Gasteiger partial charge >= 0.3 is 6.18 Å². The van der Waals surface area contributed by atoms with Gasteiger partial charge in [-0.2, -0.15) is 13.2 Å². The van der Waals surface area contributed by atoms with Gasteiger partial charge in [0.15, 0.2) is 6.04 Å². The van der Waals surface area contributed by atoms with Crippen molar-refractivity contribution in [2.24, 2.45) is 0 Å². The van der Waals surface area contributed by atoms with E-state index in [9.17, 15) is 27.6 Å². The Kier molecular flexibility index (Phi) is 5.48. The summed E-state index contributed by atoms with van der Waals surface area (Å²) in [6.45, 7) is 0.832. The number of aromatic nitrogens is 1. The summed E-state index contributed by atoms with van der Waals surface area (Å²) >= 11 is 0. The first kappa shape index (κ1) is 21.0. The van der Waals surface area contributed by atoms with Crippen LogP contribution in [0.3, 0.4) is 0 Å². The maximum Gasteiger partial charge on any atom is 0.412 e. The number of hydrogen-bond donors (Lipinski definition) is 2. The first-order valence-electron chi connectivity index (χ1n) is 9.69. The minimum Gasteiger partial charge on any atom is -0.337 e. The molecule has 31 heavy (non-hydrogen) atoms. The van der Waals surface area contributed by atoms with Crippen LogP contribution in [-0.2, 0) is 22.7 Å². The second-order valence-electron chi connectivity index (χ2n) is 7.59. The highest BCUT2D eigenvalue weighted by Crippen LogP contribution is 2.33. The summed E-state index contributed by atoms with van der Waals surface area (Å²) in [4.78, 5) is 41.7. The zero-order chi connectivity index (χ0) is 22.2. The molecule has 162 valence electrons. The van der Waals surface area contributed by atoms with E-state index in [-0.39, 0.29) is 29.4 Å². The third kappa shape index (κ3) is 4.43. The van der Waals surface area contributed by atoms with Crippen LogP contribution in [0.25, 0.3) is 0 Å². The minimum absolute atomic E-state index is 0.0991. The largest absolute Gasteiger partial charge is 0.412 e. The van der Waals surface area contributed by atoms with Crippen molar-refractivity contribution in [3.63, 3.8) is 0 Å². The summed E-state index contributed by atoms with van der Waals surface area (Å²) in [7, 11) is 0. The average molecular weight is 432 g/mol. The van der Waals surface area contributed by atoms with E-state index in [0.717, 1.165) is 17.3 Å². The maximum atomic E-state index is 13.5. The quantitative estimate of drug-likeness (QED) is 0.724. The van der Waals surface area contributed by atoms with E-state index in [0.29, 0.717) is 19.5 Å². The Morgan fingerprint density at radius 3 is 2.65 bits per heavy atom. The number of fused-ring (bicyclic) bond motifs is 1. The fourth-order valence-electron chi connectivity index (χ4n) is 3.93. The van der Waals surface area contributed by atoms with Crippen molar-refractivity contribution in [1.29, 1.82) is 0 Å². The Bertz CT molecular complexity index is 1030. The Morgan fingerprint density at radius 1 is 1.19 bits per heavy atom. The van der Waals surface area contributed by atoms with Crippen LogP contribution < -0.4 is 10.6 Å². The lowest BCUT2D eigenvalue weighted by atomic mass is 10.0. The Hall–Kier alpha value is -3.27. The molecule has 4 rings (SSSR count). The van der Waals surface area contributed by atoms with Gasteiger partial charge in [-0.3, -0.25) is 29.6 Å². The van der Waals surface area contributed by atoms with Gasteiger partial charge in [-0.1, -0.05) is 12.1 Å². The van der Waals surface area contributed by atoms with Gasteiger partial charge in [0.2, 0.25) is 11.8 Å². The molecule has 2 aliphatic heterocycles. The third-order valence-electron chi connectivity index (χ3n) is 5.49. The number of amides is 3. The van der Waals surface area contributed by atoms with E-state index in [2.05, 4.69) is 10.3 Å². The van der Waals surface area contributed by atoms with Gasteiger partial charge in [0, 0.05) is 43.0 Å². The number of halogens is 3. The van der Waals surface area contributed by atoms with Gasteiger partial charge in [-0.15, -0.1) is 0 Å². The molecule has 2 N–H and O–H groups in total. The van der Waals surface area contributed by atoms with E-state index >= 15 is 0 Å². The van der Waals surface area contributed by atoms with Gasteiger partial charge in [0.1, 0.15) is 0 Å². The van der Waals surface area contributed by atoms with Gasteiger partial charge in [0.25, 0.3) is 5.91 Å². The van der Waals surface area contributed by atoms with Crippen molar-refractivity contribution in [2.75, 3.05) is 0 Å². The van der Waals surface area contributed by atoms with Crippen LogP contribution >= 0.6 is 0 Å². The molecule has 2 aromatic rings. The van der Waals surface area contributed by atoms with Crippen LogP contribution in [0.2, 0.25) is 0 Å². The SMILES string of the molecule is O=C1CCC(N2Cc3ccc(C(=O)N[C@H](c4cccnc4)C(F)(F)F)cc3C2)C(=O)N1. The monoisotopic (exact) mass is 432 g/mol. The maximum absolute atomic E-state index is 13.5. The lowest BCUT2D eigenvalue weighted by Gasteiger charge is -2.29. The van der Waals surface area contributed by atoms with E-state index in [1.165, 1.54) is 24.4 Å². The van der Waals surface area contributed by atoms with Gasteiger partial charge in [-0.05, 0) is 35.7 Å². The topological polar surface area (TPSA) is 91.4 Å². The summed E-state index contributed by atoms with van der Waals surface area (Å²) in [5.74, 6) is -1.51. The van der Waals surface area contributed by atoms with Crippen molar-refractivity contribution >= 4 is 17.7 Å². The summed E-state index contributed by atoms with van der Waals surface area (Å²) in [6.07, 6.45) is -1.60. The zero-order valence-corrected chi connectivity index (χ0v) is 16.3. The number of piperidine rings is 1. The van der Waals surface area contributed by atoms with Crippen LogP contribution in [0.4, 0.5) is 13.2 Å². The number of carbonyl (C=O) groups excluding carboxylic acids is 3. The fraction of sp³-hybridized carbons (Fsp3) is 0.333. The molecule has 10 heteroatoms. The predicted octanol–water partition coefficient (Wildman–Crippen LogP) is 2.24. The van der Waals surface area contributed by atoms with E-state index in [1.807, 2.05) is 10.2 Å². The molecule has 1 saturated heterocycles. The molecule has 1 fully saturated rings. The van der Waals surface area contributed by atoms with Gasteiger partial charge < -0.3 is 5.32 Å². The van der Waals surface area contributed by atoms with Crippen LogP contribution in [0, 0.1) is 0 Å². The second-order valence-corrected chi connectivity index (χ2v) is 7.59. The predicted molar refractivity (Wildman–Crippen MR) is 102 cm³/mol. The lowest BCUT2D eigenvalue weighted by molar-refractivity contribution is -0.155. The van der Waals surface area contributed by atoms with E-state index < -0.39 is 24.2 Å². The molecule has 2 atom stereocenters. The lowest BCUT2D eigenvalue weighted by Crippen LogP contribution is -2.50. The van der Waals surface area contributed by atoms with Crippen LogP contribution in [0.15, 0.2) is 42.7 Å². The van der Waals surface area contributed by atoms with Gasteiger partial charge in [-0.25, -0.2) is 0 Å². The summed E-state index contributed by atoms with van der Waals surface area (Å²) < 4.78 is 40.5.